The highest BCUT2D eigenvalue weighted by Crippen LogP contribution is 2.26. The van der Waals surface area contributed by atoms with Gasteiger partial charge in [0.05, 0.1) is 18.9 Å². The van der Waals surface area contributed by atoms with Crippen LogP contribution in [-0.2, 0) is 4.74 Å². The number of hydrogen-bond donors (Lipinski definition) is 1. The number of nitrogens with zero attached hydrogens (tertiary/aromatic N) is 6. The summed E-state index contributed by atoms with van der Waals surface area (Å²) in [5.41, 5.74) is 2.13. The first kappa shape index (κ1) is 18.1. The van der Waals surface area contributed by atoms with Crippen molar-refractivity contribution in [2.24, 2.45) is 0 Å². The van der Waals surface area contributed by atoms with Crippen LogP contribution in [0.3, 0.4) is 0 Å². The first-order valence-electron chi connectivity index (χ1n) is 10.0. The van der Waals surface area contributed by atoms with Crippen molar-refractivity contribution in [1.29, 1.82) is 0 Å². The lowest BCUT2D eigenvalue weighted by Crippen LogP contribution is -2.61. The summed E-state index contributed by atoms with van der Waals surface area (Å²) in [5.74, 6) is 2.30. The number of pyridine rings is 1. The molecule has 29 heavy (non-hydrogen) atoms. The topological polar surface area (TPSA) is 71.3 Å². The molecule has 1 aromatic carbocycles. The maximum atomic E-state index is 5.46. The third-order valence-electron chi connectivity index (χ3n) is 5.46. The van der Waals surface area contributed by atoms with E-state index in [2.05, 4.69) is 38.2 Å². The highest BCUT2D eigenvalue weighted by Gasteiger charge is 2.33. The van der Waals surface area contributed by atoms with E-state index in [0.29, 0.717) is 12.0 Å². The van der Waals surface area contributed by atoms with E-state index >= 15 is 0 Å². The summed E-state index contributed by atoms with van der Waals surface area (Å²) in [6, 6.07) is 14.7. The van der Waals surface area contributed by atoms with Gasteiger partial charge in [-0.05, 0) is 36.8 Å². The Morgan fingerprint density at radius 1 is 1.07 bits per heavy atom. The summed E-state index contributed by atoms with van der Waals surface area (Å²) in [4.78, 5) is 14.0. The normalized spacial score (nSPS) is 17.9. The number of ether oxygens (including phenoxy) is 1. The molecule has 4 heterocycles. The fraction of sp³-hybridized carbons (Fsp3) is 0.381. The van der Waals surface area contributed by atoms with Crippen molar-refractivity contribution in [1.82, 2.24) is 24.6 Å². The van der Waals surface area contributed by atoms with Crippen LogP contribution in [-0.4, -0.2) is 70.1 Å². The van der Waals surface area contributed by atoms with E-state index in [9.17, 15) is 0 Å². The molecule has 0 amide bonds. The molecule has 0 aliphatic carbocycles. The van der Waals surface area contributed by atoms with Crippen LogP contribution >= 0.6 is 0 Å². The summed E-state index contributed by atoms with van der Waals surface area (Å²) in [5, 5.41) is 7.75. The van der Waals surface area contributed by atoms with Crippen molar-refractivity contribution in [3.63, 3.8) is 0 Å². The Bertz CT molecular complexity index is 962. The number of para-hydroxylation sites is 1. The van der Waals surface area contributed by atoms with Gasteiger partial charge in [-0.1, -0.05) is 18.2 Å². The van der Waals surface area contributed by atoms with Gasteiger partial charge in [0.15, 0.2) is 0 Å². The minimum Gasteiger partial charge on any atom is -0.379 e. The third kappa shape index (κ3) is 3.94. The quantitative estimate of drug-likeness (QED) is 0.715. The summed E-state index contributed by atoms with van der Waals surface area (Å²) >= 11 is 0. The van der Waals surface area contributed by atoms with Crippen LogP contribution < -0.4 is 10.2 Å². The Hall–Kier alpha value is -2.97. The molecule has 3 aromatic rings. The smallest absolute Gasteiger partial charge is 0.248 e. The van der Waals surface area contributed by atoms with E-state index < -0.39 is 0 Å². The number of hydrogen-bond acceptors (Lipinski definition) is 7. The van der Waals surface area contributed by atoms with Crippen LogP contribution in [0.2, 0.25) is 0 Å². The Kier molecular flexibility index (Phi) is 4.87. The van der Waals surface area contributed by atoms with Crippen LogP contribution in [0.4, 0.5) is 17.6 Å². The second-order valence-electron chi connectivity index (χ2n) is 7.57. The lowest BCUT2D eigenvalue weighted by atomic mass is 10.1. The monoisotopic (exact) mass is 391 g/mol. The van der Waals surface area contributed by atoms with Crippen LogP contribution in [0.25, 0.3) is 5.69 Å². The lowest BCUT2D eigenvalue weighted by molar-refractivity contribution is 0.0104. The van der Waals surface area contributed by atoms with Gasteiger partial charge in [-0.25, -0.2) is 9.67 Å². The Morgan fingerprint density at radius 3 is 2.66 bits per heavy atom. The molecule has 0 saturated carbocycles. The summed E-state index contributed by atoms with van der Waals surface area (Å²) in [6.45, 7) is 7.86. The SMILES string of the molecule is Cc1cc(Nc2ncn(-c3ccccc3)n2)nc(N2CC(N3CCOCC3)C2)c1. The third-order valence-corrected chi connectivity index (χ3v) is 5.46. The number of morpholine rings is 1. The van der Waals surface area contributed by atoms with E-state index in [-0.39, 0.29) is 0 Å². The van der Waals surface area contributed by atoms with Crippen molar-refractivity contribution >= 4 is 17.6 Å². The minimum absolute atomic E-state index is 0.535. The zero-order valence-electron chi connectivity index (χ0n) is 16.5. The first-order valence-corrected chi connectivity index (χ1v) is 10.0. The van der Waals surface area contributed by atoms with Gasteiger partial charge in [0.1, 0.15) is 18.0 Å². The Balaban J connectivity index is 1.26. The van der Waals surface area contributed by atoms with Crippen LogP contribution in [0.5, 0.6) is 0 Å². The minimum atomic E-state index is 0.535. The molecule has 2 saturated heterocycles. The van der Waals surface area contributed by atoms with Crippen molar-refractivity contribution in [2.45, 2.75) is 13.0 Å². The molecule has 2 fully saturated rings. The van der Waals surface area contributed by atoms with Crippen molar-refractivity contribution in [3.05, 3.63) is 54.4 Å². The van der Waals surface area contributed by atoms with E-state index in [1.807, 2.05) is 36.4 Å². The van der Waals surface area contributed by atoms with Crippen LogP contribution in [0, 0.1) is 6.92 Å². The molecule has 150 valence electrons. The van der Waals surface area contributed by atoms with Crippen molar-refractivity contribution in [2.75, 3.05) is 49.6 Å². The molecule has 1 N–H and O–H groups in total. The van der Waals surface area contributed by atoms with Gasteiger partial charge < -0.3 is 15.0 Å². The van der Waals surface area contributed by atoms with E-state index in [0.717, 1.165) is 62.3 Å². The second-order valence-corrected chi connectivity index (χ2v) is 7.57. The van der Waals surface area contributed by atoms with Gasteiger partial charge in [-0.15, -0.1) is 5.10 Å². The Morgan fingerprint density at radius 2 is 1.86 bits per heavy atom. The molecule has 5 rings (SSSR count). The molecular formula is C21H25N7O. The van der Waals surface area contributed by atoms with Crippen molar-refractivity contribution in [3.8, 4) is 5.69 Å². The van der Waals surface area contributed by atoms with Crippen LogP contribution in [0.15, 0.2) is 48.8 Å². The maximum Gasteiger partial charge on any atom is 0.248 e. The highest BCUT2D eigenvalue weighted by atomic mass is 16.5. The molecule has 0 atom stereocenters. The molecule has 0 bridgehead atoms. The van der Waals surface area contributed by atoms with Gasteiger partial charge in [0.25, 0.3) is 0 Å². The number of anilines is 3. The van der Waals surface area contributed by atoms with Gasteiger partial charge in [0, 0.05) is 32.2 Å². The molecule has 0 spiro atoms. The second kappa shape index (κ2) is 7.81. The molecule has 8 heteroatoms. The molecule has 0 radical (unpaired) electrons. The number of nitrogens with one attached hydrogen (secondary N) is 1. The molecular weight excluding hydrogens is 366 g/mol. The predicted molar refractivity (Wildman–Crippen MR) is 112 cm³/mol. The number of benzene rings is 1. The highest BCUT2D eigenvalue weighted by molar-refractivity contribution is 5.56. The maximum absolute atomic E-state index is 5.46. The molecule has 2 aliphatic rings. The van der Waals surface area contributed by atoms with Gasteiger partial charge in [-0.3, -0.25) is 4.90 Å². The number of aryl methyl sites for hydroxylation is 1. The van der Waals surface area contributed by atoms with E-state index in [4.69, 9.17) is 9.72 Å². The fourth-order valence-electron chi connectivity index (χ4n) is 3.83. The lowest BCUT2D eigenvalue weighted by Gasteiger charge is -2.47. The average molecular weight is 391 g/mol. The largest absolute Gasteiger partial charge is 0.379 e. The summed E-state index contributed by atoms with van der Waals surface area (Å²) < 4.78 is 7.21. The molecule has 2 aliphatic heterocycles. The van der Waals surface area contributed by atoms with Gasteiger partial charge in [-0.2, -0.15) is 4.98 Å². The van der Waals surface area contributed by atoms with E-state index in [1.54, 1.807) is 11.0 Å². The number of rotatable bonds is 5. The average Bonchev–Trinajstić information content (AvgIpc) is 3.16. The van der Waals surface area contributed by atoms with E-state index in [1.165, 1.54) is 0 Å². The van der Waals surface area contributed by atoms with Crippen LogP contribution in [0.1, 0.15) is 5.56 Å². The summed E-state index contributed by atoms with van der Waals surface area (Å²) in [7, 11) is 0. The van der Waals surface area contributed by atoms with Gasteiger partial charge >= 0.3 is 0 Å². The fourth-order valence-corrected chi connectivity index (χ4v) is 3.83. The molecule has 2 aromatic heterocycles. The zero-order chi connectivity index (χ0) is 19.6. The standard InChI is InChI=1S/C21H25N7O/c1-16-11-19(24-21-22-15-28(25-21)17-5-3-2-4-6-17)23-20(12-16)27-13-18(14-27)26-7-9-29-10-8-26/h2-6,11-12,15,18H,7-10,13-14H2,1H3,(H,23,24,25). The zero-order valence-corrected chi connectivity index (χ0v) is 16.5. The summed E-state index contributed by atoms with van der Waals surface area (Å²) in [6.07, 6.45) is 1.71. The van der Waals surface area contributed by atoms with Gasteiger partial charge in [0.2, 0.25) is 5.95 Å². The Labute approximate surface area is 170 Å². The first-order chi connectivity index (χ1) is 14.2. The van der Waals surface area contributed by atoms with Crippen molar-refractivity contribution < 1.29 is 4.74 Å². The molecule has 8 nitrogen and oxygen atoms in total. The molecule has 0 unspecified atom stereocenters. The predicted octanol–water partition coefficient (Wildman–Crippen LogP) is 2.24. The number of aromatic nitrogens is 4.